The van der Waals surface area contributed by atoms with Gasteiger partial charge in [0.15, 0.2) is 23.0 Å². The van der Waals surface area contributed by atoms with Crippen LogP contribution >= 0.6 is 0 Å². The standard InChI is InChI=1S/C26H38O5/c1-16-11-12-19-20(10-9-13-25(19,3)4)26(16,5)15-18-23(30-8)21(28-6)14-22(29-7)24(18)31-17(2)27/h12,14,16,20H,9-11,13,15H2,1-8H3/t16-,20+,26+/m0/s1. The van der Waals surface area contributed by atoms with E-state index in [0.717, 1.165) is 12.0 Å². The van der Waals surface area contributed by atoms with Gasteiger partial charge in [0.2, 0.25) is 0 Å². The number of fused-ring (bicyclic) bond motifs is 1. The highest BCUT2D eigenvalue weighted by molar-refractivity contribution is 5.73. The highest BCUT2D eigenvalue weighted by atomic mass is 16.6. The lowest BCUT2D eigenvalue weighted by Gasteiger charge is -2.53. The van der Waals surface area contributed by atoms with Gasteiger partial charge in [0.25, 0.3) is 0 Å². The second kappa shape index (κ2) is 8.76. The lowest BCUT2D eigenvalue weighted by Crippen LogP contribution is -2.45. The first kappa shape index (κ1) is 23.5. The van der Waals surface area contributed by atoms with Crippen molar-refractivity contribution in [1.82, 2.24) is 0 Å². The van der Waals surface area contributed by atoms with Gasteiger partial charge in [-0.15, -0.1) is 0 Å². The van der Waals surface area contributed by atoms with E-state index in [0.29, 0.717) is 41.3 Å². The van der Waals surface area contributed by atoms with Crippen molar-refractivity contribution < 1.29 is 23.7 Å². The molecule has 1 saturated carbocycles. The Hall–Kier alpha value is -2.17. The Morgan fingerprint density at radius 1 is 1.06 bits per heavy atom. The van der Waals surface area contributed by atoms with E-state index < -0.39 is 0 Å². The maximum absolute atomic E-state index is 12.0. The number of esters is 1. The van der Waals surface area contributed by atoms with E-state index in [4.69, 9.17) is 18.9 Å². The highest BCUT2D eigenvalue weighted by Gasteiger charge is 2.49. The minimum Gasteiger partial charge on any atom is -0.493 e. The van der Waals surface area contributed by atoms with E-state index in [1.54, 1.807) is 33.0 Å². The average Bonchev–Trinajstić information content (AvgIpc) is 2.71. The van der Waals surface area contributed by atoms with E-state index in [9.17, 15) is 4.79 Å². The first-order chi connectivity index (χ1) is 14.6. The molecule has 5 heteroatoms. The Balaban J connectivity index is 2.17. The summed E-state index contributed by atoms with van der Waals surface area (Å²) in [5.74, 6) is 2.68. The fraction of sp³-hybridized carbons (Fsp3) is 0.654. The normalized spacial score (nSPS) is 27.0. The summed E-state index contributed by atoms with van der Waals surface area (Å²) >= 11 is 0. The third kappa shape index (κ3) is 4.16. The number of allylic oxidation sites excluding steroid dienone is 2. The number of hydrogen-bond donors (Lipinski definition) is 0. The van der Waals surface area contributed by atoms with Gasteiger partial charge in [-0.3, -0.25) is 4.79 Å². The first-order valence-electron chi connectivity index (χ1n) is 11.3. The Bertz CT molecular complexity index is 869. The molecule has 2 aliphatic rings. The second-order valence-electron chi connectivity index (χ2n) is 10.0. The number of carbonyl (C=O) groups excluding carboxylic acids is 1. The van der Waals surface area contributed by atoms with Crippen LogP contribution in [0.25, 0.3) is 0 Å². The monoisotopic (exact) mass is 430 g/mol. The summed E-state index contributed by atoms with van der Waals surface area (Å²) in [5, 5.41) is 0. The third-order valence-corrected chi connectivity index (χ3v) is 7.77. The minimum absolute atomic E-state index is 0.0126. The molecule has 0 aliphatic heterocycles. The van der Waals surface area contributed by atoms with Crippen LogP contribution in [0.3, 0.4) is 0 Å². The van der Waals surface area contributed by atoms with Crippen molar-refractivity contribution in [3.05, 3.63) is 23.3 Å². The van der Waals surface area contributed by atoms with E-state index >= 15 is 0 Å². The highest BCUT2D eigenvalue weighted by Crippen LogP contribution is 2.59. The van der Waals surface area contributed by atoms with Gasteiger partial charge in [0.1, 0.15) is 0 Å². The molecule has 1 fully saturated rings. The first-order valence-corrected chi connectivity index (χ1v) is 11.3. The average molecular weight is 431 g/mol. The van der Waals surface area contributed by atoms with Crippen LogP contribution in [-0.2, 0) is 11.2 Å². The van der Waals surface area contributed by atoms with Crippen molar-refractivity contribution in [3.63, 3.8) is 0 Å². The van der Waals surface area contributed by atoms with Crippen LogP contribution in [0.5, 0.6) is 23.0 Å². The predicted octanol–water partition coefficient (Wildman–Crippen LogP) is 5.98. The van der Waals surface area contributed by atoms with Crippen molar-refractivity contribution in [2.45, 2.75) is 66.7 Å². The lowest BCUT2D eigenvalue weighted by molar-refractivity contribution is -0.132. The van der Waals surface area contributed by atoms with Crippen LogP contribution in [0, 0.1) is 22.7 Å². The summed E-state index contributed by atoms with van der Waals surface area (Å²) in [6.45, 7) is 10.9. The van der Waals surface area contributed by atoms with Crippen LogP contribution in [0.1, 0.15) is 65.9 Å². The molecular formula is C26H38O5. The quantitative estimate of drug-likeness (QED) is 0.316. The minimum atomic E-state index is -0.381. The molecule has 3 atom stereocenters. The zero-order chi connectivity index (χ0) is 23.0. The smallest absolute Gasteiger partial charge is 0.308 e. The van der Waals surface area contributed by atoms with Gasteiger partial charge in [0, 0.05) is 18.6 Å². The SMILES string of the molecule is COc1cc(OC)c(OC(C)=O)c(C[C@@]2(C)[C@@H]3CCCC(C)(C)C3=CC[C@@H]2C)c1OC. The fourth-order valence-electron chi connectivity index (χ4n) is 5.81. The van der Waals surface area contributed by atoms with Crippen molar-refractivity contribution in [2.75, 3.05) is 21.3 Å². The Morgan fingerprint density at radius 3 is 2.29 bits per heavy atom. The number of carbonyl (C=O) groups is 1. The van der Waals surface area contributed by atoms with E-state index in [2.05, 4.69) is 33.8 Å². The van der Waals surface area contributed by atoms with Gasteiger partial charge in [-0.2, -0.15) is 0 Å². The van der Waals surface area contributed by atoms with Crippen molar-refractivity contribution in [3.8, 4) is 23.0 Å². The van der Waals surface area contributed by atoms with Crippen molar-refractivity contribution in [1.29, 1.82) is 0 Å². The molecule has 3 rings (SSSR count). The molecule has 31 heavy (non-hydrogen) atoms. The molecule has 0 amide bonds. The van der Waals surface area contributed by atoms with Gasteiger partial charge in [0.05, 0.1) is 21.3 Å². The van der Waals surface area contributed by atoms with Crippen LogP contribution < -0.4 is 18.9 Å². The molecule has 0 bridgehead atoms. The van der Waals surface area contributed by atoms with Crippen molar-refractivity contribution in [2.24, 2.45) is 22.7 Å². The summed E-state index contributed by atoms with van der Waals surface area (Å²) in [6.07, 6.45) is 7.90. The molecular weight excluding hydrogens is 392 g/mol. The van der Waals surface area contributed by atoms with Crippen LogP contribution in [0.15, 0.2) is 17.7 Å². The van der Waals surface area contributed by atoms with Crippen LogP contribution in [0.4, 0.5) is 0 Å². The second-order valence-corrected chi connectivity index (χ2v) is 10.0. The number of methoxy groups -OCH3 is 3. The summed E-state index contributed by atoms with van der Waals surface area (Å²) < 4.78 is 22.7. The number of ether oxygens (including phenoxy) is 4. The van der Waals surface area contributed by atoms with Gasteiger partial charge < -0.3 is 18.9 Å². The molecule has 0 aromatic heterocycles. The molecule has 0 unspecified atom stereocenters. The Labute approximate surface area is 187 Å². The lowest BCUT2D eigenvalue weighted by atomic mass is 9.51. The summed E-state index contributed by atoms with van der Waals surface area (Å²) in [6, 6.07) is 1.72. The van der Waals surface area contributed by atoms with Gasteiger partial charge in [-0.1, -0.05) is 45.8 Å². The van der Waals surface area contributed by atoms with Crippen LogP contribution in [-0.4, -0.2) is 27.3 Å². The maximum atomic E-state index is 12.0. The third-order valence-electron chi connectivity index (χ3n) is 7.77. The number of rotatable bonds is 6. The molecule has 0 spiro atoms. The number of hydrogen-bond acceptors (Lipinski definition) is 5. The zero-order valence-electron chi connectivity index (χ0n) is 20.4. The predicted molar refractivity (Wildman–Crippen MR) is 122 cm³/mol. The maximum Gasteiger partial charge on any atom is 0.308 e. The topological polar surface area (TPSA) is 54.0 Å². The molecule has 172 valence electrons. The zero-order valence-corrected chi connectivity index (χ0v) is 20.4. The molecule has 2 aliphatic carbocycles. The summed E-state index contributed by atoms with van der Waals surface area (Å²) in [7, 11) is 4.82. The largest absolute Gasteiger partial charge is 0.493 e. The molecule has 0 saturated heterocycles. The Morgan fingerprint density at radius 2 is 1.71 bits per heavy atom. The molecule has 0 radical (unpaired) electrons. The number of benzene rings is 1. The van der Waals surface area contributed by atoms with Gasteiger partial charge >= 0.3 is 5.97 Å². The molecule has 1 aromatic rings. The van der Waals surface area contributed by atoms with Crippen LogP contribution in [0.2, 0.25) is 0 Å². The van der Waals surface area contributed by atoms with E-state index in [-0.39, 0.29) is 16.8 Å². The molecule has 0 N–H and O–H groups in total. The summed E-state index contributed by atoms with van der Waals surface area (Å²) in [5.41, 5.74) is 2.63. The fourth-order valence-corrected chi connectivity index (χ4v) is 5.81. The molecule has 0 heterocycles. The van der Waals surface area contributed by atoms with E-state index in [1.165, 1.54) is 26.2 Å². The molecule has 5 nitrogen and oxygen atoms in total. The molecule has 1 aromatic carbocycles. The van der Waals surface area contributed by atoms with Crippen molar-refractivity contribution >= 4 is 5.97 Å². The van der Waals surface area contributed by atoms with E-state index in [1.807, 2.05) is 0 Å². The van der Waals surface area contributed by atoms with Gasteiger partial charge in [-0.25, -0.2) is 0 Å². The van der Waals surface area contributed by atoms with Gasteiger partial charge in [-0.05, 0) is 48.3 Å². The Kier molecular flexibility index (Phi) is 6.64. The summed E-state index contributed by atoms with van der Waals surface area (Å²) in [4.78, 5) is 12.0.